The van der Waals surface area contributed by atoms with Crippen molar-refractivity contribution in [2.24, 2.45) is 4.99 Å². The van der Waals surface area contributed by atoms with Gasteiger partial charge in [0.2, 0.25) is 5.95 Å². The molecule has 2 rings (SSSR count). The molecule has 0 amide bonds. The molecule has 164 valence electrons. The number of rotatable bonds is 11. The minimum absolute atomic E-state index is 0.0630. The van der Waals surface area contributed by atoms with Crippen LogP contribution in [0.25, 0.3) is 0 Å². The molecule has 0 aliphatic carbocycles. The third-order valence-corrected chi connectivity index (χ3v) is 4.04. The van der Waals surface area contributed by atoms with Crippen molar-refractivity contribution in [3.8, 4) is 0 Å². The largest absolute Gasteiger partial charge is 0.433 e. The van der Waals surface area contributed by atoms with Crippen LogP contribution in [0.4, 0.5) is 19.1 Å². The van der Waals surface area contributed by atoms with Crippen LogP contribution in [0.2, 0.25) is 0 Å². The summed E-state index contributed by atoms with van der Waals surface area (Å²) in [5.41, 5.74) is -0.973. The molecule has 1 fully saturated rings. The molecular formula is C18H29F3N6O2. The minimum atomic E-state index is -4.49. The smallest absolute Gasteiger partial charge is 0.379 e. The Bertz CT molecular complexity index is 624. The molecule has 0 spiro atoms. The van der Waals surface area contributed by atoms with Crippen LogP contribution in [0.3, 0.4) is 0 Å². The van der Waals surface area contributed by atoms with Gasteiger partial charge in [0.25, 0.3) is 0 Å². The van der Waals surface area contributed by atoms with Gasteiger partial charge in [0.05, 0.1) is 12.7 Å². The lowest BCUT2D eigenvalue weighted by molar-refractivity contribution is -0.141. The van der Waals surface area contributed by atoms with E-state index in [1.807, 2.05) is 6.92 Å². The lowest BCUT2D eigenvalue weighted by atomic mass is 10.2. The van der Waals surface area contributed by atoms with E-state index in [0.717, 1.165) is 38.1 Å². The predicted octanol–water partition coefficient (Wildman–Crippen LogP) is 2.05. The van der Waals surface area contributed by atoms with Crippen molar-refractivity contribution < 1.29 is 22.6 Å². The number of aromatic nitrogens is 2. The number of hydrogen-bond donors (Lipinski definition) is 3. The van der Waals surface area contributed by atoms with Crippen molar-refractivity contribution in [1.29, 1.82) is 0 Å². The quantitative estimate of drug-likeness (QED) is 0.288. The maximum atomic E-state index is 12.7. The molecular weight excluding hydrogens is 389 g/mol. The summed E-state index contributed by atoms with van der Waals surface area (Å²) in [6.07, 6.45) is -0.226. The van der Waals surface area contributed by atoms with E-state index in [-0.39, 0.29) is 12.1 Å². The molecule has 1 saturated heterocycles. The summed E-state index contributed by atoms with van der Waals surface area (Å²) in [5, 5.41) is 8.99. The zero-order chi connectivity index (χ0) is 21.0. The lowest BCUT2D eigenvalue weighted by Gasteiger charge is -2.13. The molecule has 1 aliphatic heterocycles. The molecule has 8 nitrogen and oxygen atoms in total. The zero-order valence-corrected chi connectivity index (χ0v) is 16.6. The number of hydrogen-bond acceptors (Lipinski definition) is 6. The van der Waals surface area contributed by atoms with Gasteiger partial charge in [-0.05, 0) is 32.3 Å². The average Bonchev–Trinajstić information content (AvgIpc) is 3.21. The van der Waals surface area contributed by atoms with Crippen molar-refractivity contribution in [3.63, 3.8) is 0 Å². The minimum Gasteiger partial charge on any atom is -0.379 e. The number of guanidine groups is 1. The van der Waals surface area contributed by atoms with E-state index in [0.29, 0.717) is 45.4 Å². The Labute approximate surface area is 168 Å². The molecule has 2 heterocycles. The van der Waals surface area contributed by atoms with Gasteiger partial charge in [-0.15, -0.1) is 0 Å². The molecule has 0 radical (unpaired) electrons. The van der Waals surface area contributed by atoms with Gasteiger partial charge in [0.1, 0.15) is 5.69 Å². The standard InChI is InChI=1S/C18H29F3N6O2/c1-2-22-16(23-7-4-11-28-13-14-5-3-12-29-14)25-9-10-26-17-24-8-6-15(27-17)18(19,20)21/h6,8,14H,2-5,7,9-13H2,1H3,(H2,22,23,25)(H,24,26,27). The van der Waals surface area contributed by atoms with E-state index in [1.54, 1.807) is 0 Å². The van der Waals surface area contributed by atoms with Gasteiger partial charge in [-0.2, -0.15) is 13.2 Å². The first-order chi connectivity index (χ1) is 14.0. The number of ether oxygens (including phenoxy) is 2. The number of halogens is 3. The fourth-order valence-electron chi connectivity index (χ4n) is 2.65. The lowest BCUT2D eigenvalue weighted by Crippen LogP contribution is -2.39. The van der Waals surface area contributed by atoms with Crippen LogP contribution in [0.15, 0.2) is 17.3 Å². The molecule has 1 aliphatic rings. The van der Waals surface area contributed by atoms with Crippen molar-refractivity contribution in [1.82, 2.24) is 20.6 Å². The normalized spacial score (nSPS) is 17.4. The van der Waals surface area contributed by atoms with Crippen molar-refractivity contribution in [2.45, 2.75) is 38.5 Å². The summed E-state index contributed by atoms with van der Waals surface area (Å²) in [5.74, 6) is 0.574. The molecule has 0 bridgehead atoms. The van der Waals surface area contributed by atoms with Crippen LogP contribution in [0, 0.1) is 0 Å². The second kappa shape index (κ2) is 12.4. The van der Waals surface area contributed by atoms with Gasteiger partial charge < -0.3 is 25.4 Å². The fraction of sp³-hybridized carbons (Fsp3) is 0.722. The Kier molecular flexibility index (Phi) is 9.92. The van der Waals surface area contributed by atoms with Gasteiger partial charge >= 0.3 is 6.18 Å². The predicted molar refractivity (Wildman–Crippen MR) is 104 cm³/mol. The van der Waals surface area contributed by atoms with Gasteiger partial charge in [-0.25, -0.2) is 9.97 Å². The van der Waals surface area contributed by atoms with Crippen LogP contribution in [0.5, 0.6) is 0 Å². The van der Waals surface area contributed by atoms with Crippen LogP contribution in [0.1, 0.15) is 31.9 Å². The second-order valence-corrected chi connectivity index (χ2v) is 6.44. The van der Waals surface area contributed by atoms with Gasteiger partial charge in [-0.3, -0.25) is 4.99 Å². The molecule has 1 unspecified atom stereocenters. The molecule has 1 atom stereocenters. The van der Waals surface area contributed by atoms with E-state index >= 15 is 0 Å². The van der Waals surface area contributed by atoms with Crippen molar-refractivity contribution in [2.75, 3.05) is 51.3 Å². The highest BCUT2D eigenvalue weighted by atomic mass is 19.4. The zero-order valence-electron chi connectivity index (χ0n) is 16.6. The van der Waals surface area contributed by atoms with Crippen LogP contribution in [-0.4, -0.2) is 68.0 Å². The number of aliphatic imine (C=N–C) groups is 1. The Balaban J connectivity index is 1.63. The third-order valence-electron chi connectivity index (χ3n) is 4.04. The maximum absolute atomic E-state index is 12.7. The first-order valence-corrected chi connectivity index (χ1v) is 9.84. The monoisotopic (exact) mass is 418 g/mol. The topological polar surface area (TPSA) is 92.7 Å². The fourth-order valence-corrected chi connectivity index (χ4v) is 2.65. The molecule has 29 heavy (non-hydrogen) atoms. The summed E-state index contributed by atoms with van der Waals surface area (Å²) in [7, 11) is 0. The van der Waals surface area contributed by atoms with E-state index in [4.69, 9.17) is 9.47 Å². The van der Waals surface area contributed by atoms with Gasteiger partial charge in [-0.1, -0.05) is 0 Å². The summed E-state index contributed by atoms with van der Waals surface area (Å²) in [4.78, 5) is 11.7. The van der Waals surface area contributed by atoms with E-state index < -0.39 is 11.9 Å². The molecule has 11 heteroatoms. The Morgan fingerprint density at radius 2 is 2.21 bits per heavy atom. The van der Waals surface area contributed by atoms with Crippen molar-refractivity contribution >= 4 is 11.9 Å². The summed E-state index contributed by atoms with van der Waals surface area (Å²) in [6, 6.07) is 0.837. The first kappa shape index (κ1) is 23.1. The Morgan fingerprint density at radius 3 is 2.93 bits per heavy atom. The third kappa shape index (κ3) is 9.27. The second-order valence-electron chi connectivity index (χ2n) is 6.44. The highest BCUT2D eigenvalue weighted by Crippen LogP contribution is 2.27. The Morgan fingerprint density at radius 1 is 1.34 bits per heavy atom. The summed E-state index contributed by atoms with van der Waals surface area (Å²) < 4.78 is 49.1. The van der Waals surface area contributed by atoms with E-state index in [1.165, 1.54) is 0 Å². The molecule has 3 N–H and O–H groups in total. The van der Waals surface area contributed by atoms with Crippen LogP contribution < -0.4 is 16.0 Å². The highest BCUT2D eigenvalue weighted by Gasteiger charge is 2.32. The number of nitrogens with one attached hydrogen (secondary N) is 3. The highest BCUT2D eigenvalue weighted by molar-refractivity contribution is 5.79. The van der Waals surface area contributed by atoms with Crippen LogP contribution in [-0.2, 0) is 15.7 Å². The van der Waals surface area contributed by atoms with Crippen molar-refractivity contribution in [3.05, 3.63) is 18.0 Å². The molecule has 1 aromatic heterocycles. The SMILES string of the molecule is CCNC(=NCCCOCC1CCCO1)NCCNc1nccc(C(F)(F)F)n1. The van der Waals surface area contributed by atoms with Gasteiger partial charge in [0.15, 0.2) is 5.96 Å². The molecule has 0 saturated carbocycles. The van der Waals surface area contributed by atoms with Gasteiger partial charge in [0, 0.05) is 45.6 Å². The summed E-state index contributed by atoms with van der Waals surface area (Å²) in [6.45, 7) is 6.12. The number of nitrogens with zero attached hydrogens (tertiary/aromatic N) is 3. The Hall–Kier alpha value is -2.14. The van der Waals surface area contributed by atoms with E-state index in [2.05, 4.69) is 30.9 Å². The van der Waals surface area contributed by atoms with Crippen LogP contribution >= 0.6 is 0 Å². The molecule has 1 aromatic rings. The number of alkyl halides is 3. The maximum Gasteiger partial charge on any atom is 0.433 e. The average molecular weight is 418 g/mol. The van der Waals surface area contributed by atoms with E-state index in [9.17, 15) is 13.2 Å². The summed E-state index contributed by atoms with van der Waals surface area (Å²) >= 11 is 0. The first-order valence-electron chi connectivity index (χ1n) is 9.84. The molecule has 0 aromatic carbocycles. The number of anilines is 1.